The third-order valence-electron chi connectivity index (χ3n) is 2.10. The summed E-state index contributed by atoms with van der Waals surface area (Å²) in [5.74, 6) is 1.01. The molecule has 0 unspecified atom stereocenters. The van der Waals surface area contributed by atoms with Crippen LogP contribution in [-0.4, -0.2) is 25.6 Å². The van der Waals surface area contributed by atoms with Crippen LogP contribution >= 0.6 is 11.6 Å². The number of carbonyl (C=O) groups is 2. The molecule has 132 valence electrons. The summed E-state index contributed by atoms with van der Waals surface area (Å²) in [4.78, 5) is 20.8. The Kier molecular flexibility index (Phi) is 15.1. The van der Waals surface area contributed by atoms with Gasteiger partial charge in [0.2, 0.25) is 0 Å². The predicted molar refractivity (Wildman–Crippen MR) is 96.7 cm³/mol. The van der Waals surface area contributed by atoms with Gasteiger partial charge in [-0.15, -0.1) is 0 Å². The first-order chi connectivity index (χ1) is 11.1. The number of halogens is 1. The van der Waals surface area contributed by atoms with Gasteiger partial charge in [0.1, 0.15) is 11.5 Å². The van der Waals surface area contributed by atoms with Gasteiger partial charge in [-0.25, -0.2) is 9.59 Å². The van der Waals surface area contributed by atoms with Crippen LogP contribution in [0.15, 0.2) is 60.7 Å². The fourth-order valence-corrected chi connectivity index (χ4v) is 1.32. The van der Waals surface area contributed by atoms with E-state index in [4.69, 9.17) is 16.3 Å². The molecular formula is C17H23ClN2O4. The lowest BCUT2D eigenvalue weighted by atomic mass is 10.3. The number of para-hydroxylation sites is 2. The summed E-state index contributed by atoms with van der Waals surface area (Å²) in [5, 5.41) is 2.35. The molecule has 2 aromatic rings. The molecule has 3 N–H and O–H groups in total. The maximum absolute atomic E-state index is 10.6. The lowest BCUT2D eigenvalue weighted by Crippen LogP contribution is -2.21. The van der Waals surface area contributed by atoms with Crippen LogP contribution in [0.3, 0.4) is 0 Å². The Hall–Kier alpha value is -2.57. The largest absolute Gasteiger partial charge is 0.415 e. The first-order valence-corrected chi connectivity index (χ1v) is 6.94. The molecule has 0 spiro atoms. The Morgan fingerprint density at radius 3 is 1.58 bits per heavy atom. The van der Waals surface area contributed by atoms with E-state index in [0.717, 1.165) is 0 Å². The van der Waals surface area contributed by atoms with Gasteiger partial charge in [-0.2, -0.15) is 0 Å². The Bertz CT molecular complexity index is 565. The summed E-state index contributed by atoms with van der Waals surface area (Å²) < 4.78 is 9.35. The van der Waals surface area contributed by atoms with Crippen molar-refractivity contribution in [1.29, 1.82) is 0 Å². The van der Waals surface area contributed by atoms with Gasteiger partial charge >= 0.3 is 11.5 Å². The summed E-state index contributed by atoms with van der Waals surface area (Å²) in [7, 11) is 3.02. The Balaban J connectivity index is 0. The molecule has 0 bridgehead atoms. The zero-order valence-electron chi connectivity index (χ0n) is 12.9. The first kappa shape index (κ1) is 23.7. The second kappa shape index (κ2) is 15.3. The smallest absolute Gasteiger partial charge is 0.412 e. The van der Waals surface area contributed by atoms with E-state index >= 15 is 0 Å². The van der Waals surface area contributed by atoms with Crippen molar-refractivity contribution in [3.63, 3.8) is 0 Å². The normalized spacial score (nSPS) is 8.00. The molecule has 6 nitrogen and oxygen atoms in total. The van der Waals surface area contributed by atoms with E-state index in [1.54, 1.807) is 48.5 Å². The summed E-state index contributed by atoms with van der Waals surface area (Å²) >= 11 is 4.95. The molecule has 7 heteroatoms. The Morgan fingerprint density at radius 1 is 0.875 bits per heavy atom. The van der Waals surface area contributed by atoms with Crippen molar-refractivity contribution in [1.82, 2.24) is 5.32 Å². The van der Waals surface area contributed by atoms with Crippen LogP contribution in [0.5, 0.6) is 11.5 Å². The van der Waals surface area contributed by atoms with Gasteiger partial charge in [-0.05, 0) is 31.3 Å². The molecule has 0 fully saturated rings. The first-order valence-electron chi connectivity index (χ1n) is 6.56. The second-order valence-corrected chi connectivity index (χ2v) is 3.91. The van der Waals surface area contributed by atoms with E-state index in [9.17, 15) is 9.59 Å². The van der Waals surface area contributed by atoms with Crippen molar-refractivity contribution in [3.8, 4) is 11.5 Å². The van der Waals surface area contributed by atoms with Crippen molar-refractivity contribution >= 4 is 23.1 Å². The number of nitrogens with two attached hydrogens (primary N) is 1. The molecule has 0 saturated heterocycles. The van der Waals surface area contributed by atoms with E-state index in [0.29, 0.717) is 11.5 Å². The number of nitrogens with one attached hydrogen (secondary N) is 1. The molecule has 0 aromatic heterocycles. The monoisotopic (exact) mass is 354 g/mol. The zero-order chi connectivity index (χ0) is 17.5. The van der Waals surface area contributed by atoms with Gasteiger partial charge in [-0.1, -0.05) is 43.8 Å². The highest BCUT2D eigenvalue weighted by Crippen LogP contribution is 2.09. The second-order valence-electron chi connectivity index (χ2n) is 3.61. The van der Waals surface area contributed by atoms with E-state index < -0.39 is 11.5 Å². The maximum Gasteiger partial charge on any atom is 0.412 e. The van der Waals surface area contributed by atoms with E-state index in [2.05, 4.69) is 15.8 Å². The molecule has 0 aliphatic heterocycles. The van der Waals surface area contributed by atoms with Crippen LogP contribution in [0.4, 0.5) is 9.59 Å². The molecule has 0 radical (unpaired) electrons. The minimum Gasteiger partial charge on any atom is -0.415 e. The van der Waals surface area contributed by atoms with Crippen molar-refractivity contribution in [2.75, 3.05) is 14.1 Å². The lowest BCUT2D eigenvalue weighted by Gasteiger charge is -2.00. The molecule has 1 amide bonds. The van der Waals surface area contributed by atoms with Crippen LogP contribution in [-0.2, 0) is 0 Å². The van der Waals surface area contributed by atoms with E-state index in [1.165, 1.54) is 14.1 Å². The lowest BCUT2D eigenvalue weighted by molar-refractivity contribution is 0.203. The standard InChI is InChI=1S/C8H9NO2.C7H5ClO2.CH5N.CH4/c1-9-8(10)11-7-5-3-2-4-6-7;8-7(9)10-6-4-2-1-3-5-6;1-2;/h2-6H,1H3,(H,9,10);1-5H;2H2,1H3;1H4. The van der Waals surface area contributed by atoms with Gasteiger partial charge in [0.25, 0.3) is 0 Å². The van der Waals surface area contributed by atoms with Crippen LogP contribution < -0.4 is 20.5 Å². The van der Waals surface area contributed by atoms with Crippen molar-refractivity contribution in [2.45, 2.75) is 7.43 Å². The van der Waals surface area contributed by atoms with Gasteiger partial charge in [0.05, 0.1) is 0 Å². The van der Waals surface area contributed by atoms with Crippen LogP contribution in [0.1, 0.15) is 7.43 Å². The zero-order valence-corrected chi connectivity index (χ0v) is 13.6. The summed E-state index contributed by atoms with van der Waals surface area (Å²) in [5.41, 5.74) is 3.69. The molecule has 0 atom stereocenters. The molecule has 0 aliphatic rings. The summed E-state index contributed by atoms with van der Waals surface area (Å²) in [6.07, 6.45) is -0.448. The van der Waals surface area contributed by atoms with Crippen LogP contribution in [0.2, 0.25) is 0 Å². The molecule has 2 rings (SSSR count). The van der Waals surface area contributed by atoms with E-state index in [-0.39, 0.29) is 7.43 Å². The number of hydrogen-bond acceptors (Lipinski definition) is 5. The maximum atomic E-state index is 10.6. The van der Waals surface area contributed by atoms with Gasteiger partial charge in [0.15, 0.2) is 0 Å². The third-order valence-corrected chi connectivity index (χ3v) is 2.18. The highest BCUT2D eigenvalue weighted by atomic mass is 35.5. The molecule has 2 aromatic carbocycles. The number of benzene rings is 2. The number of amides is 1. The molecule has 0 saturated carbocycles. The third kappa shape index (κ3) is 12.0. The highest BCUT2D eigenvalue weighted by Gasteiger charge is 1.97. The topological polar surface area (TPSA) is 90.6 Å². The number of hydrogen-bond donors (Lipinski definition) is 2. The average Bonchev–Trinajstić information content (AvgIpc) is 2.58. The minimum atomic E-state index is -0.814. The predicted octanol–water partition coefficient (Wildman–Crippen LogP) is 4.04. The van der Waals surface area contributed by atoms with Crippen LogP contribution in [0, 0.1) is 0 Å². The van der Waals surface area contributed by atoms with Crippen molar-refractivity contribution in [3.05, 3.63) is 60.7 Å². The Labute approximate surface area is 147 Å². The molecule has 0 heterocycles. The number of ether oxygens (including phenoxy) is 2. The molecule has 24 heavy (non-hydrogen) atoms. The number of rotatable bonds is 2. The Morgan fingerprint density at radius 2 is 1.25 bits per heavy atom. The summed E-state index contributed by atoms with van der Waals surface area (Å²) in [6, 6.07) is 17.5. The molecular weight excluding hydrogens is 332 g/mol. The van der Waals surface area contributed by atoms with Crippen molar-refractivity contribution in [2.24, 2.45) is 5.73 Å². The average molecular weight is 355 g/mol. The van der Waals surface area contributed by atoms with Crippen molar-refractivity contribution < 1.29 is 19.1 Å². The minimum absolute atomic E-state index is 0. The number of carbonyl (C=O) groups excluding carboxylic acids is 2. The van der Waals surface area contributed by atoms with Crippen LogP contribution in [0.25, 0.3) is 0 Å². The quantitative estimate of drug-likeness (QED) is 0.794. The van der Waals surface area contributed by atoms with Gasteiger partial charge < -0.3 is 20.5 Å². The fraction of sp³-hybridized carbons (Fsp3) is 0.176. The van der Waals surface area contributed by atoms with Gasteiger partial charge in [0, 0.05) is 18.6 Å². The summed E-state index contributed by atoms with van der Waals surface area (Å²) in [6.45, 7) is 0. The highest BCUT2D eigenvalue weighted by molar-refractivity contribution is 6.61. The SMILES string of the molecule is C.CN.CNC(=O)Oc1ccccc1.O=C(Cl)Oc1ccccc1. The molecule has 0 aliphatic carbocycles. The fourth-order valence-electron chi connectivity index (χ4n) is 1.23. The van der Waals surface area contributed by atoms with E-state index in [1.807, 2.05) is 12.1 Å². The van der Waals surface area contributed by atoms with Gasteiger partial charge in [-0.3, -0.25) is 0 Å².